The Kier molecular flexibility index (Phi) is 11.0. The Morgan fingerprint density at radius 2 is 1.62 bits per heavy atom. The molecule has 5 rings (SSSR count). The first-order chi connectivity index (χ1) is 22.8. The molecular formula is C37H45Cl2N5O4. The molecule has 11 heteroatoms. The van der Waals surface area contributed by atoms with Crippen molar-refractivity contribution in [2.75, 3.05) is 43.6 Å². The molecule has 0 bridgehead atoms. The summed E-state index contributed by atoms with van der Waals surface area (Å²) in [4.78, 5) is 26.0. The van der Waals surface area contributed by atoms with Crippen molar-refractivity contribution < 1.29 is 19.0 Å². The van der Waals surface area contributed by atoms with Crippen LogP contribution in [0.4, 0.5) is 10.7 Å². The topological polar surface area (TPSA) is 101 Å². The highest BCUT2D eigenvalue weighted by Crippen LogP contribution is 2.42. The van der Waals surface area contributed by atoms with Gasteiger partial charge in [0.2, 0.25) is 5.95 Å². The van der Waals surface area contributed by atoms with Crippen LogP contribution in [0.25, 0.3) is 0 Å². The molecule has 1 aromatic heterocycles. The summed E-state index contributed by atoms with van der Waals surface area (Å²) in [5.74, 6) is 2.12. The molecule has 0 aliphatic carbocycles. The van der Waals surface area contributed by atoms with Crippen LogP contribution >= 0.6 is 23.2 Å². The first kappa shape index (κ1) is 35.6. The number of nitriles is 1. The van der Waals surface area contributed by atoms with Crippen LogP contribution in [0.15, 0.2) is 48.7 Å². The van der Waals surface area contributed by atoms with Crippen molar-refractivity contribution in [2.24, 2.45) is 5.41 Å². The number of hydrogen-bond acceptors (Lipinski definition) is 8. The smallest absolute Gasteiger partial charge is 0.410 e. The van der Waals surface area contributed by atoms with Crippen LogP contribution in [0.1, 0.15) is 82.7 Å². The minimum Gasteiger partial charge on any atom is -0.489 e. The van der Waals surface area contributed by atoms with Crippen LogP contribution in [0.2, 0.25) is 5.02 Å². The number of hydrogen-bond donors (Lipinski definition) is 0. The molecular weight excluding hydrogens is 649 g/mol. The van der Waals surface area contributed by atoms with Crippen LogP contribution in [0.3, 0.4) is 0 Å². The fourth-order valence-corrected chi connectivity index (χ4v) is 6.76. The highest BCUT2D eigenvalue weighted by Gasteiger charge is 2.40. The van der Waals surface area contributed by atoms with Gasteiger partial charge in [0.1, 0.15) is 30.6 Å². The lowest BCUT2D eigenvalue weighted by molar-refractivity contribution is 0.00662. The number of amides is 1. The van der Waals surface area contributed by atoms with E-state index >= 15 is 0 Å². The average molecular weight is 695 g/mol. The highest BCUT2D eigenvalue weighted by atomic mass is 35.5. The van der Waals surface area contributed by atoms with E-state index in [0.717, 1.165) is 80.4 Å². The lowest BCUT2D eigenvalue weighted by Crippen LogP contribution is -2.49. The van der Waals surface area contributed by atoms with Crippen molar-refractivity contribution in [1.82, 2.24) is 14.9 Å². The molecule has 3 aromatic rings. The molecule has 0 N–H and O–H groups in total. The predicted octanol–water partition coefficient (Wildman–Crippen LogP) is 8.14. The lowest BCUT2D eigenvalue weighted by Gasteiger charge is -2.46. The maximum Gasteiger partial charge on any atom is 0.410 e. The monoisotopic (exact) mass is 693 g/mol. The number of carbonyl (C=O) groups is 1. The van der Waals surface area contributed by atoms with Crippen molar-refractivity contribution in [3.8, 4) is 17.6 Å². The van der Waals surface area contributed by atoms with Gasteiger partial charge < -0.3 is 24.0 Å². The summed E-state index contributed by atoms with van der Waals surface area (Å²) in [6.45, 7) is 13.7. The van der Waals surface area contributed by atoms with Crippen LogP contribution < -0.4 is 14.4 Å². The molecule has 0 radical (unpaired) electrons. The zero-order valence-electron chi connectivity index (χ0n) is 28.5. The van der Waals surface area contributed by atoms with Gasteiger partial charge >= 0.3 is 6.09 Å². The molecule has 1 amide bonds. The molecule has 2 aromatic carbocycles. The quantitative estimate of drug-likeness (QED) is 0.207. The van der Waals surface area contributed by atoms with E-state index in [1.165, 1.54) is 0 Å². The maximum absolute atomic E-state index is 12.5. The summed E-state index contributed by atoms with van der Waals surface area (Å²) in [6, 6.07) is 15.7. The molecule has 48 heavy (non-hydrogen) atoms. The van der Waals surface area contributed by atoms with Gasteiger partial charge in [0.05, 0.1) is 22.2 Å². The van der Waals surface area contributed by atoms with Crippen molar-refractivity contribution in [3.63, 3.8) is 0 Å². The molecule has 0 saturated carbocycles. The number of halogens is 2. The number of piperidine rings is 2. The maximum atomic E-state index is 12.5. The van der Waals surface area contributed by atoms with Gasteiger partial charge in [0, 0.05) is 37.8 Å². The molecule has 2 aliphatic heterocycles. The molecule has 1 spiro atoms. The molecule has 2 fully saturated rings. The Balaban J connectivity index is 1.15. The second-order valence-corrected chi connectivity index (χ2v) is 15.0. The number of aromatic nitrogens is 2. The van der Waals surface area contributed by atoms with Crippen LogP contribution in [-0.2, 0) is 16.8 Å². The zero-order valence-corrected chi connectivity index (χ0v) is 30.0. The average Bonchev–Trinajstić information content (AvgIpc) is 3.06. The van der Waals surface area contributed by atoms with Crippen LogP contribution in [0, 0.1) is 16.7 Å². The fraction of sp³-hybridized carbons (Fsp3) is 0.514. The SMILES string of the molecule is CC(C)(C)OC(=O)N1CCC2(CC1)CCN(c1nccc(COc3ccc(C(C)(C)c4cc(Cl)c(OCCCl)c(C#N)c4)cc3)n1)CC2. The van der Waals surface area contributed by atoms with Gasteiger partial charge in [0.25, 0.3) is 0 Å². The summed E-state index contributed by atoms with van der Waals surface area (Å²) in [7, 11) is 0. The second-order valence-electron chi connectivity index (χ2n) is 14.2. The van der Waals surface area contributed by atoms with E-state index < -0.39 is 11.0 Å². The molecule has 0 atom stereocenters. The fourth-order valence-electron chi connectivity index (χ4n) is 6.40. The first-order valence-corrected chi connectivity index (χ1v) is 17.4. The normalized spacial score (nSPS) is 16.4. The van der Waals surface area contributed by atoms with E-state index in [-0.39, 0.29) is 18.1 Å². The minimum atomic E-state index is -0.478. The van der Waals surface area contributed by atoms with Gasteiger partial charge in [-0.15, -0.1) is 11.6 Å². The van der Waals surface area contributed by atoms with Gasteiger partial charge in [-0.25, -0.2) is 14.8 Å². The summed E-state index contributed by atoms with van der Waals surface area (Å²) < 4.78 is 17.3. The number of benzene rings is 2. The van der Waals surface area contributed by atoms with Crippen molar-refractivity contribution in [3.05, 3.63) is 76.1 Å². The Hall–Kier alpha value is -3.74. The third-order valence-electron chi connectivity index (χ3n) is 9.46. The van der Waals surface area contributed by atoms with E-state index in [1.807, 2.05) is 68.1 Å². The molecule has 3 heterocycles. The van der Waals surface area contributed by atoms with E-state index in [2.05, 4.69) is 29.8 Å². The Morgan fingerprint density at radius 1 is 0.958 bits per heavy atom. The lowest BCUT2D eigenvalue weighted by atomic mass is 9.71. The first-order valence-electron chi connectivity index (χ1n) is 16.5. The van der Waals surface area contributed by atoms with Crippen molar-refractivity contribution >= 4 is 35.2 Å². The van der Waals surface area contributed by atoms with Gasteiger partial charge in [-0.3, -0.25) is 0 Å². The van der Waals surface area contributed by atoms with E-state index in [0.29, 0.717) is 28.8 Å². The number of nitrogens with zero attached hydrogens (tertiary/aromatic N) is 5. The molecule has 0 unspecified atom stereocenters. The number of alkyl halides is 1. The zero-order chi connectivity index (χ0) is 34.5. The summed E-state index contributed by atoms with van der Waals surface area (Å²) >= 11 is 12.3. The van der Waals surface area contributed by atoms with Gasteiger partial charge in [-0.05, 0) is 93.3 Å². The number of ether oxygens (including phenoxy) is 3. The third kappa shape index (κ3) is 8.45. The summed E-state index contributed by atoms with van der Waals surface area (Å²) in [5, 5.41) is 10.1. The second kappa shape index (κ2) is 14.8. The largest absolute Gasteiger partial charge is 0.489 e. The number of likely N-dealkylation sites (tertiary alicyclic amines) is 1. The summed E-state index contributed by atoms with van der Waals surface area (Å²) in [5.41, 5.74) is 2.49. The van der Waals surface area contributed by atoms with Crippen LogP contribution in [-0.4, -0.2) is 65.2 Å². The molecule has 256 valence electrons. The van der Waals surface area contributed by atoms with E-state index in [9.17, 15) is 10.1 Å². The predicted molar refractivity (Wildman–Crippen MR) is 188 cm³/mol. The summed E-state index contributed by atoms with van der Waals surface area (Å²) in [6.07, 6.45) is 5.68. The Labute approximate surface area is 294 Å². The molecule has 2 saturated heterocycles. The van der Waals surface area contributed by atoms with Crippen molar-refractivity contribution in [1.29, 1.82) is 5.26 Å². The third-order valence-corrected chi connectivity index (χ3v) is 9.89. The van der Waals surface area contributed by atoms with Gasteiger partial charge in [-0.1, -0.05) is 37.6 Å². The number of anilines is 1. The van der Waals surface area contributed by atoms with E-state index in [4.69, 9.17) is 42.4 Å². The van der Waals surface area contributed by atoms with Crippen LogP contribution in [0.5, 0.6) is 11.5 Å². The van der Waals surface area contributed by atoms with E-state index in [1.54, 1.807) is 6.20 Å². The molecule has 9 nitrogen and oxygen atoms in total. The molecule has 2 aliphatic rings. The Bertz CT molecular complexity index is 1620. The minimum absolute atomic E-state index is 0.210. The standard InChI is InChI=1S/C37H45Cl2N5O4/c1-35(2,3)48-34(45)44-19-13-37(14-20-44)11-17-43(18-12-37)33-41-16-10-29(42-33)25-47-30-8-6-27(7-9-30)36(4,5)28-22-26(24-40)32(31(39)23-28)46-21-15-38/h6-10,16,22-23H,11-15,17-21,25H2,1-5H3. The number of carbonyl (C=O) groups excluding carboxylic acids is 1. The Morgan fingerprint density at radius 3 is 2.25 bits per heavy atom. The highest BCUT2D eigenvalue weighted by molar-refractivity contribution is 6.32. The van der Waals surface area contributed by atoms with Gasteiger partial charge in [0.15, 0.2) is 5.75 Å². The van der Waals surface area contributed by atoms with Gasteiger partial charge in [-0.2, -0.15) is 5.26 Å². The van der Waals surface area contributed by atoms with Crippen molar-refractivity contribution in [2.45, 2.75) is 77.9 Å². The number of rotatable bonds is 9.